The number of halogens is 3. The number of esters is 1. The third kappa shape index (κ3) is 3.61. The van der Waals surface area contributed by atoms with E-state index < -0.39 is 38.3 Å². The highest BCUT2D eigenvalue weighted by atomic mass is 35.6. The number of hydrogen-bond acceptors (Lipinski definition) is 6. The van der Waals surface area contributed by atoms with Gasteiger partial charge in [-0.3, -0.25) is 9.59 Å². The summed E-state index contributed by atoms with van der Waals surface area (Å²) in [6.45, 7) is 5.13. The Balaban J connectivity index is 1.81. The van der Waals surface area contributed by atoms with Crippen LogP contribution in [-0.4, -0.2) is 50.0 Å². The van der Waals surface area contributed by atoms with Crippen LogP contribution in [0.3, 0.4) is 0 Å². The second kappa shape index (κ2) is 7.97. The maximum Gasteiger partial charge on any atom is 0.358 e. The molecule has 166 valence electrons. The molecule has 0 aromatic carbocycles. The van der Waals surface area contributed by atoms with Crippen LogP contribution in [0, 0.1) is 16.7 Å². The normalized spacial score (nSPS) is 27.3. The Labute approximate surface area is 188 Å². The first-order valence-electron chi connectivity index (χ1n) is 9.55. The average molecular weight is 482 g/mol. The van der Waals surface area contributed by atoms with E-state index in [0.717, 1.165) is 15.6 Å². The van der Waals surface area contributed by atoms with Crippen molar-refractivity contribution in [3.05, 3.63) is 22.9 Å². The van der Waals surface area contributed by atoms with Gasteiger partial charge in [0.15, 0.2) is 0 Å². The third-order valence-electron chi connectivity index (χ3n) is 6.69. The van der Waals surface area contributed by atoms with Crippen LogP contribution in [0.2, 0.25) is 0 Å². The predicted molar refractivity (Wildman–Crippen MR) is 110 cm³/mol. The van der Waals surface area contributed by atoms with Gasteiger partial charge in [-0.15, -0.1) is 0 Å². The first kappa shape index (κ1) is 23.3. The molecule has 0 amide bonds. The molecule has 2 aliphatic rings. The Hall–Kier alpha value is -1.35. The molecule has 1 aromatic rings. The van der Waals surface area contributed by atoms with E-state index in [1.54, 1.807) is 0 Å². The number of carbonyl (C=O) groups is 3. The molecule has 0 saturated heterocycles. The number of hydrogen-bond donors (Lipinski definition) is 0. The summed E-state index contributed by atoms with van der Waals surface area (Å²) in [5.41, 5.74) is -2.05. The van der Waals surface area contributed by atoms with Gasteiger partial charge in [-0.25, -0.2) is 18.7 Å². The fraction of sp³-hybridized carbons (Fsp3) is 0.684. The minimum Gasteiger partial charge on any atom is -0.460 e. The second-order valence-electron chi connectivity index (χ2n) is 8.30. The lowest BCUT2D eigenvalue weighted by Crippen LogP contribution is -2.51. The average Bonchev–Trinajstić information content (AvgIpc) is 3.22. The Morgan fingerprint density at radius 3 is 2.33 bits per heavy atom. The van der Waals surface area contributed by atoms with Gasteiger partial charge in [-0.1, -0.05) is 48.7 Å². The van der Waals surface area contributed by atoms with E-state index in [1.807, 2.05) is 13.8 Å². The maximum atomic E-state index is 13.6. The van der Waals surface area contributed by atoms with Crippen molar-refractivity contribution in [2.45, 2.75) is 49.9 Å². The van der Waals surface area contributed by atoms with E-state index in [4.69, 9.17) is 44.3 Å². The number of imidazole rings is 1. The summed E-state index contributed by atoms with van der Waals surface area (Å²) in [5.74, 6) is -1.63. The number of rotatable bonds is 5. The number of alkyl halides is 3. The summed E-state index contributed by atoms with van der Waals surface area (Å²) >= 11 is 16.4. The fourth-order valence-electron chi connectivity index (χ4n) is 5.02. The molecule has 2 fully saturated rings. The van der Waals surface area contributed by atoms with Gasteiger partial charge < -0.3 is 9.47 Å². The summed E-state index contributed by atoms with van der Waals surface area (Å²) in [4.78, 5) is 49.3. The number of ether oxygens (including phenoxy) is 2. The van der Waals surface area contributed by atoms with E-state index in [0.29, 0.717) is 12.8 Å². The molecule has 3 atom stereocenters. The van der Waals surface area contributed by atoms with E-state index in [2.05, 4.69) is 0 Å². The first-order valence-corrected chi connectivity index (χ1v) is 10.7. The summed E-state index contributed by atoms with van der Waals surface area (Å²) in [6.07, 6.45) is 4.17. The van der Waals surface area contributed by atoms with Crippen molar-refractivity contribution in [1.82, 2.24) is 9.13 Å². The molecule has 30 heavy (non-hydrogen) atoms. The van der Waals surface area contributed by atoms with Crippen molar-refractivity contribution >= 4 is 52.6 Å². The lowest BCUT2D eigenvalue weighted by atomic mass is 9.67. The number of aromatic nitrogens is 2. The number of nitrogens with zero attached hydrogens (tertiary/aromatic N) is 2. The lowest BCUT2D eigenvalue weighted by molar-refractivity contribution is -0.145. The van der Waals surface area contributed by atoms with Crippen LogP contribution in [0.25, 0.3) is 0 Å². The molecular formula is C19H23Cl3N2O6. The molecule has 0 aliphatic heterocycles. The predicted octanol–water partition coefficient (Wildman–Crippen LogP) is 3.08. The molecule has 0 radical (unpaired) electrons. The zero-order valence-electron chi connectivity index (χ0n) is 16.8. The van der Waals surface area contributed by atoms with Crippen molar-refractivity contribution in [3.8, 4) is 0 Å². The summed E-state index contributed by atoms with van der Waals surface area (Å²) < 4.78 is 10.6. The van der Waals surface area contributed by atoms with Crippen LogP contribution in [0.15, 0.2) is 17.2 Å². The summed E-state index contributed by atoms with van der Waals surface area (Å²) in [7, 11) is 0. The van der Waals surface area contributed by atoms with Crippen molar-refractivity contribution in [2.75, 3.05) is 13.2 Å². The zero-order chi connectivity index (χ0) is 22.5. The summed E-state index contributed by atoms with van der Waals surface area (Å²) in [5, 5.41) is 0. The van der Waals surface area contributed by atoms with Crippen LogP contribution >= 0.6 is 34.8 Å². The molecule has 2 aliphatic carbocycles. The Bertz CT molecular complexity index is 931. The lowest BCUT2D eigenvalue weighted by Gasteiger charge is -2.40. The molecule has 8 nitrogen and oxygen atoms in total. The van der Waals surface area contributed by atoms with Crippen molar-refractivity contribution < 1.29 is 23.9 Å². The van der Waals surface area contributed by atoms with Gasteiger partial charge in [0.25, 0.3) is 3.79 Å². The van der Waals surface area contributed by atoms with Gasteiger partial charge in [0, 0.05) is 19.3 Å². The minimum atomic E-state index is -2.17. The Morgan fingerprint density at radius 1 is 1.17 bits per heavy atom. The fourth-order valence-corrected chi connectivity index (χ4v) is 5.18. The summed E-state index contributed by atoms with van der Waals surface area (Å²) in [6, 6.07) is 0. The minimum absolute atomic E-state index is 0.0122. The van der Waals surface area contributed by atoms with Crippen LogP contribution in [0.1, 0.15) is 49.6 Å². The zero-order valence-corrected chi connectivity index (χ0v) is 19.1. The largest absolute Gasteiger partial charge is 0.460 e. The van der Waals surface area contributed by atoms with E-state index in [1.165, 1.54) is 19.3 Å². The molecule has 3 rings (SSSR count). The standard InChI is InChI=1S/C19H23Cl3N2O6/c1-11(25)23-6-7-24(16(23)28)14(26)18-5-4-12(17(18,2)3)10-13(18)29-8-9-30-15(27)19(20,21)22/h6-7,12-13H,4-5,8-10H2,1-3H3/t12-,13-,18+/m1/s1. The third-order valence-corrected chi connectivity index (χ3v) is 7.15. The van der Waals surface area contributed by atoms with Gasteiger partial charge in [0.05, 0.1) is 18.1 Å². The van der Waals surface area contributed by atoms with E-state index in [9.17, 15) is 19.2 Å². The Kier molecular flexibility index (Phi) is 6.19. The highest BCUT2D eigenvalue weighted by molar-refractivity contribution is 6.75. The highest BCUT2D eigenvalue weighted by Crippen LogP contribution is 2.67. The second-order valence-corrected chi connectivity index (χ2v) is 10.6. The van der Waals surface area contributed by atoms with Gasteiger partial charge in [-0.2, -0.15) is 0 Å². The van der Waals surface area contributed by atoms with Crippen LogP contribution in [0.4, 0.5) is 0 Å². The number of fused-ring (bicyclic) bond motifs is 2. The highest BCUT2D eigenvalue weighted by Gasteiger charge is 2.69. The van der Waals surface area contributed by atoms with Gasteiger partial charge in [0.1, 0.15) is 6.61 Å². The smallest absolute Gasteiger partial charge is 0.358 e. The number of carbonyl (C=O) groups excluding carboxylic acids is 3. The van der Waals surface area contributed by atoms with E-state index >= 15 is 0 Å². The van der Waals surface area contributed by atoms with Crippen molar-refractivity contribution in [3.63, 3.8) is 0 Å². The maximum absolute atomic E-state index is 13.6. The SMILES string of the molecule is CC(=O)n1ccn(C(=O)[C@]23CC[C@H](C[C@H]2OCCOC(=O)C(Cl)(Cl)Cl)C3(C)C)c1=O. The first-order chi connectivity index (χ1) is 13.8. The van der Waals surface area contributed by atoms with Gasteiger partial charge in [-0.05, 0) is 30.6 Å². The molecule has 2 saturated carbocycles. The molecule has 2 bridgehead atoms. The monoisotopic (exact) mass is 480 g/mol. The van der Waals surface area contributed by atoms with E-state index in [-0.39, 0.29) is 25.0 Å². The van der Waals surface area contributed by atoms with Gasteiger partial charge >= 0.3 is 11.7 Å². The van der Waals surface area contributed by atoms with Crippen LogP contribution < -0.4 is 5.69 Å². The molecule has 11 heteroatoms. The molecule has 1 aromatic heterocycles. The van der Waals surface area contributed by atoms with Crippen molar-refractivity contribution in [2.24, 2.45) is 16.7 Å². The molecule has 0 spiro atoms. The quantitative estimate of drug-likeness (QED) is 0.364. The van der Waals surface area contributed by atoms with Crippen LogP contribution in [0.5, 0.6) is 0 Å². The molecule has 0 N–H and O–H groups in total. The molecular weight excluding hydrogens is 459 g/mol. The topological polar surface area (TPSA) is 96.6 Å². The van der Waals surface area contributed by atoms with Crippen LogP contribution in [-0.2, 0) is 14.3 Å². The van der Waals surface area contributed by atoms with Crippen molar-refractivity contribution in [1.29, 1.82) is 0 Å². The van der Waals surface area contributed by atoms with Gasteiger partial charge in [0.2, 0.25) is 11.8 Å². The Morgan fingerprint density at radius 2 is 1.80 bits per heavy atom. The molecule has 0 unspecified atom stereocenters. The molecule has 1 heterocycles.